The highest BCUT2D eigenvalue weighted by Gasteiger charge is 2.16. The number of aromatic amines is 1. The third-order valence-electron chi connectivity index (χ3n) is 3.14. The molecule has 0 aliphatic heterocycles. The van der Waals surface area contributed by atoms with Gasteiger partial charge in [-0.2, -0.15) is 0 Å². The van der Waals surface area contributed by atoms with Gasteiger partial charge in [-0.15, -0.1) is 0 Å². The number of H-pyrrole nitrogens is 1. The lowest BCUT2D eigenvalue weighted by molar-refractivity contribution is -0.121. The van der Waals surface area contributed by atoms with Gasteiger partial charge in [-0.05, 0) is 12.5 Å². The predicted octanol–water partition coefficient (Wildman–Crippen LogP) is 2.23. The lowest BCUT2D eigenvalue weighted by atomic mass is 10.1. The topological polar surface area (TPSA) is 67.0 Å². The normalized spacial score (nSPS) is 11.9. The molecule has 0 aliphatic carbocycles. The summed E-state index contributed by atoms with van der Waals surface area (Å²) in [6.07, 6.45) is 4.52. The van der Waals surface area contributed by atoms with E-state index in [0.29, 0.717) is 6.42 Å². The van der Waals surface area contributed by atoms with Gasteiger partial charge in [0.2, 0.25) is 5.91 Å². The van der Waals surface area contributed by atoms with Crippen LogP contribution >= 0.6 is 0 Å². The van der Waals surface area contributed by atoms with E-state index in [2.05, 4.69) is 15.3 Å². The molecule has 0 saturated carbocycles. The second-order valence-corrected chi connectivity index (χ2v) is 4.49. The van der Waals surface area contributed by atoms with E-state index in [1.165, 1.54) is 0 Å². The molecule has 0 spiro atoms. The van der Waals surface area contributed by atoms with Crippen LogP contribution in [-0.2, 0) is 11.2 Å². The monoisotopic (exact) mass is 273 g/mol. The van der Waals surface area contributed by atoms with Crippen LogP contribution in [0.5, 0.6) is 5.75 Å². The highest BCUT2D eigenvalue weighted by Crippen LogP contribution is 2.18. The Morgan fingerprint density at radius 1 is 1.45 bits per heavy atom. The maximum atomic E-state index is 12.1. The van der Waals surface area contributed by atoms with Crippen molar-refractivity contribution >= 4 is 5.91 Å². The fourth-order valence-electron chi connectivity index (χ4n) is 2.10. The zero-order valence-corrected chi connectivity index (χ0v) is 11.7. The van der Waals surface area contributed by atoms with E-state index in [1.807, 2.05) is 31.2 Å². The summed E-state index contributed by atoms with van der Waals surface area (Å²) in [5, 5.41) is 2.98. The molecule has 1 atom stereocenters. The second-order valence-electron chi connectivity index (χ2n) is 4.49. The van der Waals surface area contributed by atoms with Crippen molar-refractivity contribution in [3.8, 4) is 5.75 Å². The molecule has 2 aromatic rings. The molecule has 2 rings (SSSR count). The third-order valence-corrected chi connectivity index (χ3v) is 3.14. The number of hydrogen-bond acceptors (Lipinski definition) is 3. The van der Waals surface area contributed by atoms with Crippen molar-refractivity contribution in [2.24, 2.45) is 0 Å². The van der Waals surface area contributed by atoms with E-state index in [0.717, 1.165) is 23.6 Å². The Bertz CT molecular complexity index is 552. The molecule has 5 heteroatoms. The van der Waals surface area contributed by atoms with Crippen molar-refractivity contribution in [1.29, 1.82) is 0 Å². The summed E-state index contributed by atoms with van der Waals surface area (Å²) >= 11 is 0. The van der Waals surface area contributed by atoms with Crippen LogP contribution in [0.25, 0.3) is 0 Å². The average molecular weight is 273 g/mol. The molecule has 5 nitrogen and oxygen atoms in total. The number of imidazole rings is 1. The minimum absolute atomic E-state index is 0.0437. The lowest BCUT2D eigenvalue weighted by Gasteiger charge is -2.15. The molecule has 20 heavy (non-hydrogen) atoms. The first-order valence-electron chi connectivity index (χ1n) is 6.65. The number of hydrogen-bond donors (Lipinski definition) is 2. The Balaban J connectivity index is 2.01. The Labute approximate surface area is 118 Å². The van der Waals surface area contributed by atoms with Crippen LogP contribution in [0.4, 0.5) is 0 Å². The molecule has 0 fully saturated rings. The number of methoxy groups -OCH3 is 1. The molecule has 1 aromatic carbocycles. The molecule has 0 saturated heterocycles. The van der Waals surface area contributed by atoms with E-state index >= 15 is 0 Å². The summed E-state index contributed by atoms with van der Waals surface area (Å²) in [6, 6.07) is 7.44. The van der Waals surface area contributed by atoms with Gasteiger partial charge in [-0.25, -0.2) is 4.98 Å². The third kappa shape index (κ3) is 3.38. The number of para-hydroxylation sites is 1. The first kappa shape index (κ1) is 14.1. The number of rotatable bonds is 6. The summed E-state index contributed by atoms with van der Waals surface area (Å²) in [4.78, 5) is 19.4. The Morgan fingerprint density at radius 2 is 2.25 bits per heavy atom. The number of nitrogens with one attached hydrogen (secondary N) is 2. The van der Waals surface area contributed by atoms with Crippen LogP contribution in [0.1, 0.15) is 30.8 Å². The summed E-state index contributed by atoms with van der Waals surface area (Å²) in [7, 11) is 1.61. The Morgan fingerprint density at radius 3 is 2.90 bits per heavy atom. The molecular formula is C15H19N3O2. The summed E-state index contributed by atoms with van der Waals surface area (Å²) in [5.74, 6) is 1.47. The van der Waals surface area contributed by atoms with Crippen LogP contribution in [0.3, 0.4) is 0 Å². The zero-order chi connectivity index (χ0) is 14.4. The molecule has 1 unspecified atom stereocenters. The highest BCUT2D eigenvalue weighted by atomic mass is 16.5. The Kier molecular flexibility index (Phi) is 4.76. The smallest absolute Gasteiger partial charge is 0.225 e. The van der Waals surface area contributed by atoms with Gasteiger partial charge in [0.15, 0.2) is 0 Å². The van der Waals surface area contributed by atoms with Gasteiger partial charge < -0.3 is 15.0 Å². The van der Waals surface area contributed by atoms with Gasteiger partial charge in [0.25, 0.3) is 0 Å². The minimum Gasteiger partial charge on any atom is -0.496 e. The molecule has 0 radical (unpaired) electrons. The van der Waals surface area contributed by atoms with Crippen LogP contribution < -0.4 is 10.1 Å². The van der Waals surface area contributed by atoms with Crippen molar-refractivity contribution < 1.29 is 9.53 Å². The maximum Gasteiger partial charge on any atom is 0.225 e. The molecule has 2 N–H and O–H groups in total. The lowest BCUT2D eigenvalue weighted by Crippen LogP contribution is -2.30. The molecule has 106 valence electrons. The van der Waals surface area contributed by atoms with Gasteiger partial charge in [0.05, 0.1) is 19.6 Å². The minimum atomic E-state index is -0.0905. The predicted molar refractivity (Wildman–Crippen MR) is 76.5 cm³/mol. The summed E-state index contributed by atoms with van der Waals surface area (Å²) < 4.78 is 5.25. The van der Waals surface area contributed by atoms with Crippen molar-refractivity contribution in [2.45, 2.75) is 25.8 Å². The van der Waals surface area contributed by atoms with E-state index < -0.39 is 0 Å². The van der Waals surface area contributed by atoms with E-state index in [-0.39, 0.29) is 11.9 Å². The van der Waals surface area contributed by atoms with Gasteiger partial charge in [0, 0.05) is 18.0 Å². The number of amides is 1. The maximum absolute atomic E-state index is 12.1. The number of carbonyl (C=O) groups excluding carboxylic acids is 1. The highest BCUT2D eigenvalue weighted by molar-refractivity contribution is 5.79. The van der Waals surface area contributed by atoms with Crippen molar-refractivity contribution in [3.05, 3.63) is 48.0 Å². The van der Waals surface area contributed by atoms with Crippen LogP contribution in [-0.4, -0.2) is 23.0 Å². The van der Waals surface area contributed by atoms with E-state index in [4.69, 9.17) is 4.74 Å². The van der Waals surface area contributed by atoms with Crippen LogP contribution in [0.2, 0.25) is 0 Å². The largest absolute Gasteiger partial charge is 0.496 e. The molecule has 0 bridgehead atoms. The molecule has 1 amide bonds. The molecule has 1 heterocycles. The molecule has 1 aromatic heterocycles. The van der Waals surface area contributed by atoms with Crippen LogP contribution in [0, 0.1) is 0 Å². The summed E-state index contributed by atoms with van der Waals surface area (Å²) in [5.41, 5.74) is 0.877. The molecular weight excluding hydrogens is 254 g/mol. The fourth-order valence-corrected chi connectivity index (χ4v) is 2.10. The van der Waals surface area contributed by atoms with Gasteiger partial charge in [0.1, 0.15) is 11.6 Å². The van der Waals surface area contributed by atoms with Crippen molar-refractivity contribution in [1.82, 2.24) is 15.3 Å². The number of aromatic nitrogens is 2. The van der Waals surface area contributed by atoms with E-state index in [1.54, 1.807) is 19.5 Å². The first-order valence-corrected chi connectivity index (χ1v) is 6.65. The molecule has 0 aliphatic rings. The average Bonchev–Trinajstić information content (AvgIpc) is 2.99. The van der Waals surface area contributed by atoms with Gasteiger partial charge in [-0.3, -0.25) is 4.79 Å². The van der Waals surface area contributed by atoms with E-state index in [9.17, 15) is 4.79 Å². The van der Waals surface area contributed by atoms with Gasteiger partial charge >= 0.3 is 0 Å². The number of ether oxygens (including phenoxy) is 1. The quantitative estimate of drug-likeness (QED) is 0.848. The number of nitrogens with zero attached hydrogens (tertiary/aromatic N) is 1. The Hall–Kier alpha value is -2.30. The second kappa shape index (κ2) is 6.75. The number of benzene rings is 1. The standard InChI is InChI=1S/C15H19N3O2/c1-3-12(15-16-8-9-17-15)18-14(19)10-11-6-4-5-7-13(11)20-2/h4-9,12H,3,10H2,1-2H3,(H,16,17)(H,18,19). The zero-order valence-electron chi connectivity index (χ0n) is 11.7. The fraction of sp³-hybridized carbons (Fsp3) is 0.333. The van der Waals surface area contributed by atoms with Crippen molar-refractivity contribution in [2.75, 3.05) is 7.11 Å². The van der Waals surface area contributed by atoms with Gasteiger partial charge in [-0.1, -0.05) is 25.1 Å². The van der Waals surface area contributed by atoms with Crippen LogP contribution in [0.15, 0.2) is 36.7 Å². The number of carbonyl (C=O) groups is 1. The van der Waals surface area contributed by atoms with Crippen molar-refractivity contribution in [3.63, 3.8) is 0 Å². The summed E-state index contributed by atoms with van der Waals surface area (Å²) in [6.45, 7) is 2.01. The SMILES string of the molecule is CCC(NC(=O)Cc1ccccc1OC)c1ncc[nH]1. The first-order chi connectivity index (χ1) is 9.74.